The summed E-state index contributed by atoms with van der Waals surface area (Å²) in [6, 6.07) is 15.4. The summed E-state index contributed by atoms with van der Waals surface area (Å²) in [5, 5.41) is 11.3. The van der Waals surface area contributed by atoms with Crippen LogP contribution in [0.2, 0.25) is 0 Å². The Morgan fingerprint density at radius 3 is 2.53 bits per heavy atom. The molecular formula is C23H21NO6. The van der Waals surface area contributed by atoms with Gasteiger partial charge < -0.3 is 23.9 Å². The van der Waals surface area contributed by atoms with Crippen LogP contribution in [0.1, 0.15) is 28.1 Å². The number of Topliss-reactive ketones (excluding diaryl/α,β-unsaturated/α-hetero) is 1. The first-order valence-electron chi connectivity index (χ1n) is 9.39. The van der Waals surface area contributed by atoms with Crippen LogP contribution in [0.25, 0.3) is 0 Å². The molecule has 0 aliphatic carbocycles. The number of furan rings is 1. The molecule has 0 unspecified atom stereocenters. The summed E-state index contributed by atoms with van der Waals surface area (Å²) >= 11 is 0. The molecule has 0 spiro atoms. The minimum atomic E-state index is -1.96. The van der Waals surface area contributed by atoms with Gasteiger partial charge in [0.15, 0.2) is 22.9 Å². The summed E-state index contributed by atoms with van der Waals surface area (Å²) in [6.07, 6.45) is 0.976. The number of carbonyl (C=O) groups is 2. The van der Waals surface area contributed by atoms with Gasteiger partial charge in [0.2, 0.25) is 5.78 Å². The molecule has 0 radical (unpaired) electrons. The van der Waals surface area contributed by atoms with Crippen molar-refractivity contribution in [3.05, 3.63) is 77.7 Å². The van der Waals surface area contributed by atoms with Gasteiger partial charge in [-0.2, -0.15) is 0 Å². The number of anilines is 1. The van der Waals surface area contributed by atoms with Gasteiger partial charge in [0.1, 0.15) is 0 Å². The molecule has 0 saturated heterocycles. The number of nitrogens with zero attached hydrogens (tertiary/aromatic N) is 1. The maximum Gasteiger partial charge on any atom is 0.264 e. The first-order chi connectivity index (χ1) is 14.5. The van der Waals surface area contributed by atoms with E-state index in [-0.39, 0.29) is 12.3 Å². The fourth-order valence-corrected chi connectivity index (χ4v) is 3.75. The number of methoxy groups -OCH3 is 2. The number of amides is 1. The Morgan fingerprint density at radius 2 is 1.83 bits per heavy atom. The van der Waals surface area contributed by atoms with E-state index in [4.69, 9.17) is 13.9 Å². The Balaban J connectivity index is 1.67. The fraction of sp³-hybridized carbons (Fsp3) is 0.217. The van der Waals surface area contributed by atoms with E-state index in [1.807, 2.05) is 6.07 Å². The highest BCUT2D eigenvalue weighted by molar-refractivity contribution is 6.10. The van der Waals surface area contributed by atoms with Gasteiger partial charge in [0.05, 0.1) is 39.1 Å². The quantitative estimate of drug-likeness (QED) is 0.605. The molecule has 0 bridgehead atoms. The molecule has 1 aromatic heterocycles. The van der Waals surface area contributed by atoms with Crippen molar-refractivity contribution in [2.75, 3.05) is 19.1 Å². The maximum atomic E-state index is 13.3. The largest absolute Gasteiger partial charge is 0.493 e. The van der Waals surface area contributed by atoms with Gasteiger partial charge in [-0.1, -0.05) is 24.3 Å². The first kappa shape index (κ1) is 19.7. The molecule has 1 atom stereocenters. The second-order valence-corrected chi connectivity index (χ2v) is 7.04. The molecule has 2 aromatic carbocycles. The molecule has 1 aliphatic heterocycles. The monoisotopic (exact) mass is 407 g/mol. The Morgan fingerprint density at radius 1 is 1.07 bits per heavy atom. The highest BCUT2D eigenvalue weighted by Crippen LogP contribution is 2.43. The standard InChI is InChI=1S/C23H21NO6/c1-28-20-10-9-15(12-21(20)29-2)14-24-17-7-4-3-6-16(17)23(27,22(24)26)13-18(25)19-8-5-11-30-19/h3-12,27H,13-14H2,1-2H3/t23-/m1/s1. The Hall–Kier alpha value is -3.58. The molecule has 1 N–H and O–H groups in total. The Labute approximate surface area is 173 Å². The second-order valence-electron chi connectivity index (χ2n) is 7.04. The lowest BCUT2D eigenvalue weighted by Gasteiger charge is -2.22. The molecular weight excluding hydrogens is 386 g/mol. The lowest BCUT2D eigenvalue weighted by molar-refractivity contribution is -0.136. The van der Waals surface area contributed by atoms with Crippen molar-refractivity contribution in [2.45, 2.75) is 18.6 Å². The molecule has 3 aromatic rings. The summed E-state index contributed by atoms with van der Waals surface area (Å²) in [5.74, 6) is 0.220. The predicted octanol–water partition coefficient (Wildman–Crippen LogP) is 3.30. The molecule has 1 aliphatic rings. The third kappa shape index (κ3) is 3.23. The van der Waals surface area contributed by atoms with Crippen LogP contribution in [0.4, 0.5) is 5.69 Å². The van der Waals surface area contributed by atoms with Gasteiger partial charge in [-0.25, -0.2) is 0 Å². The number of carbonyl (C=O) groups excluding carboxylic acids is 2. The summed E-state index contributed by atoms with van der Waals surface area (Å²) in [5.41, 5.74) is -0.211. The molecule has 7 nitrogen and oxygen atoms in total. The second kappa shape index (κ2) is 7.68. The molecule has 30 heavy (non-hydrogen) atoms. The van der Waals surface area contributed by atoms with Crippen molar-refractivity contribution in [1.29, 1.82) is 0 Å². The smallest absolute Gasteiger partial charge is 0.264 e. The van der Waals surface area contributed by atoms with Crippen LogP contribution < -0.4 is 14.4 Å². The molecule has 7 heteroatoms. The van der Waals surface area contributed by atoms with Gasteiger partial charge in [0, 0.05) is 5.56 Å². The third-order valence-electron chi connectivity index (χ3n) is 5.24. The van der Waals surface area contributed by atoms with E-state index < -0.39 is 23.7 Å². The first-order valence-corrected chi connectivity index (χ1v) is 9.39. The normalized spacial score (nSPS) is 17.7. The molecule has 4 rings (SSSR count). The summed E-state index contributed by atoms with van der Waals surface area (Å²) in [6.45, 7) is 0.202. The molecule has 2 heterocycles. The Bertz CT molecular complexity index is 1090. The van der Waals surface area contributed by atoms with Crippen LogP contribution in [0.15, 0.2) is 65.3 Å². The number of hydrogen-bond acceptors (Lipinski definition) is 6. The molecule has 154 valence electrons. The van der Waals surface area contributed by atoms with Gasteiger partial charge in [-0.3, -0.25) is 9.59 Å². The van der Waals surface area contributed by atoms with Crippen LogP contribution in [-0.2, 0) is 16.9 Å². The maximum absolute atomic E-state index is 13.3. The molecule has 1 amide bonds. The predicted molar refractivity (Wildman–Crippen MR) is 109 cm³/mol. The number of fused-ring (bicyclic) bond motifs is 1. The molecule has 0 saturated carbocycles. The van der Waals surface area contributed by atoms with Crippen LogP contribution >= 0.6 is 0 Å². The van der Waals surface area contributed by atoms with Crippen LogP contribution in [0, 0.1) is 0 Å². The van der Waals surface area contributed by atoms with Crippen molar-refractivity contribution in [1.82, 2.24) is 0 Å². The van der Waals surface area contributed by atoms with E-state index in [0.29, 0.717) is 22.7 Å². The summed E-state index contributed by atoms with van der Waals surface area (Å²) in [7, 11) is 3.09. The van der Waals surface area contributed by atoms with E-state index in [1.54, 1.807) is 49.6 Å². The lowest BCUT2D eigenvalue weighted by atomic mass is 9.89. The van der Waals surface area contributed by atoms with Gasteiger partial charge >= 0.3 is 0 Å². The van der Waals surface area contributed by atoms with Gasteiger partial charge in [-0.15, -0.1) is 0 Å². The van der Waals surface area contributed by atoms with Gasteiger partial charge in [-0.05, 0) is 35.9 Å². The minimum absolute atomic E-state index is 0.104. The minimum Gasteiger partial charge on any atom is -0.493 e. The van der Waals surface area contributed by atoms with Crippen molar-refractivity contribution in [3.63, 3.8) is 0 Å². The van der Waals surface area contributed by atoms with Crippen LogP contribution in [-0.4, -0.2) is 31.0 Å². The van der Waals surface area contributed by atoms with Crippen molar-refractivity contribution >= 4 is 17.4 Å². The van der Waals surface area contributed by atoms with E-state index >= 15 is 0 Å². The number of hydrogen-bond donors (Lipinski definition) is 1. The van der Waals surface area contributed by atoms with E-state index in [1.165, 1.54) is 24.3 Å². The lowest BCUT2D eigenvalue weighted by Crippen LogP contribution is -2.41. The number of benzene rings is 2. The van der Waals surface area contributed by atoms with Crippen molar-refractivity contribution in [3.8, 4) is 11.5 Å². The number of para-hydroxylation sites is 1. The number of aliphatic hydroxyl groups is 1. The van der Waals surface area contributed by atoms with E-state index in [2.05, 4.69) is 0 Å². The highest BCUT2D eigenvalue weighted by Gasteiger charge is 2.51. The van der Waals surface area contributed by atoms with Gasteiger partial charge in [0.25, 0.3) is 5.91 Å². The number of rotatable bonds is 7. The fourth-order valence-electron chi connectivity index (χ4n) is 3.75. The molecule has 0 fully saturated rings. The summed E-state index contributed by atoms with van der Waals surface area (Å²) in [4.78, 5) is 27.4. The number of ketones is 1. The average Bonchev–Trinajstić information content (AvgIpc) is 3.37. The summed E-state index contributed by atoms with van der Waals surface area (Å²) < 4.78 is 15.7. The van der Waals surface area contributed by atoms with Crippen LogP contribution in [0.3, 0.4) is 0 Å². The zero-order valence-electron chi connectivity index (χ0n) is 16.6. The van der Waals surface area contributed by atoms with E-state index in [0.717, 1.165) is 5.56 Å². The third-order valence-corrected chi connectivity index (χ3v) is 5.24. The van der Waals surface area contributed by atoms with E-state index in [9.17, 15) is 14.7 Å². The zero-order valence-corrected chi connectivity index (χ0v) is 16.6. The average molecular weight is 407 g/mol. The zero-order chi connectivity index (χ0) is 21.3. The Kier molecular flexibility index (Phi) is 5.05. The number of ether oxygens (including phenoxy) is 2. The topological polar surface area (TPSA) is 89.2 Å². The highest BCUT2D eigenvalue weighted by atomic mass is 16.5. The SMILES string of the molecule is COc1ccc(CN2C(=O)[C@@](O)(CC(=O)c3ccco3)c3ccccc32)cc1OC. The van der Waals surface area contributed by atoms with Crippen molar-refractivity contribution < 1.29 is 28.6 Å². The van der Waals surface area contributed by atoms with Crippen LogP contribution in [0.5, 0.6) is 11.5 Å². The van der Waals surface area contributed by atoms with Crippen molar-refractivity contribution in [2.24, 2.45) is 0 Å².